The first-order valence-corrected chi connectivity index (χ1v) is 5.79. The van der Waals surface area contributed by atoms with Crippen LogP contribution in [-0.4, -0.2) is 41.5 Å². The van der Waals surface area contributed by atoms with Gasteiger partial charge in [-0.05, 0) is 6.07 Å². The third kappa shape index (κ3) is 2.70. The zero-order valence-electron chi connectivity index (χ0n) is 10.3. The zero-order chi connectivity index (χ0) is 14.9. The van der Waals surface area contributed by atoms with Crippen LogP contribution < -0.4 is 5.32 Å². The SMILES string of the molecule is O=C(NCC1(O)CCOC1)c1cc(F)c(F)c(O)c1F. The van der Waals surface area contributed by atoms with Crippen molar-refractivity contribution in [2.45, 2.75) is 12.0 Å². The lowest BCUT2D eigenvalue weighted by Crippen LogP contribution is -2.43. The summed E-state index contributed by atoms with van der Waals surface area (Å²) in [6.45, 7) is 0.108. The summed E-state index contributed by atoms with van der Waals surface area (Å²) in [5, 5.41) is 21.1. The molecule has 0 aromatic heterocycles. The van der Waals surface area contributed by atoms with Gasteiger partial charge in [-0.25, -0.2) is 8.78 Å². The molecule has 3 N–H and O–H groups in total. The molecule has 1 aromatic carbocycles. The number of hydrogen-bond donors (Lipinski definition) is 3. The van der Waals surface area contributed by atoms with Crippen LogP contribution in [0.5, 0.6) is 5.75 Å². The predicted octanol–water partition coefficient (Wildman–Crippen LogP) is 0.691. The molecule has 110 valence electrons. The number of rotatable bonds is 3. The van der Waals surface area contributed by atoms with Gasteiger partial charge in [-0.1, -0.05) is 0 Å². The largest absolute Gasteiger partial charge is 0.503 e. The lowest BCUT2D eigenvalue weighted by Gasteiger charge is -2.20. The van der Waals surface area contributed by atoms with E-state index in [2.05, 4.69) is 5.32 Å². The molecule has 1 unspecified atom stereocenters. The number of aromatic hydroxyl groups is 1. The summed E-state index contributed by atoms with van der Waals surface area (Å²) in [5.41, 5.74) is -2.11. The van der Waals surface area contributed by atoms with E-state index < -0.39 is 40.3 Å². The number of phenolic OH excluding ortho intramolecular Hbond substituents is 1. The Morgan fingerprint density at radius 2 is 2.10 bits per heavy atom. The Bertz CT molecular complexity index is 544. The Labute approximate surface area is 112 Å². The van der Waals surface area contributed by atoms with E-state index in [4.69, 9.17) is 9.84 Å². The van der Waals surface area contributed by atoms with Gasteiger partial charge in [0.2, 0.25) is 5.82 Å². The van der Waals surface area contributed by atoms with E-state index in [-0.39, 0.29) is 13.2 Å². The summed E-state index contributed by atoms with van der Waals surface area (Å²) >= 11 is 0. The quantitative estimate of drug-likeness (QED) is 0.716. The first-order chi connectivity index (χ1) is 9.34. The molecule has 1 amide bonds. The van der Waals surface area contributed by atoms with Crippen LogP contribution >= 0.6 is 0 Å². The minimum absolute atomic E-state index is 0.0127. The third-order valence-electron chi connectivity index (χ3n) is 3.04. The van der Waals surface area contributed by atoms with E-state index in [1.54, 1.807) is 0 Å². The van der Waals surface area contributed by atoms with Crippen molar-refractivity contribution in [2.75, 3.05) is 19.8 Å². The summed E-state index contributed by atoms with van der Waals surface area (Å²) in [7, 11) is 0. The highest BCUT2D eigenvalue weighted by atomic mass is 19.2. The molecule has 20 heavy (non-hydrogen) atoms. The van der Waals surface area contributed by atoms with E-state index in [9.17, 15) is 23.1 Å². The molecule has 2 rings (SSSR count). The van der Waals surface area contributed by atoms with Gasteiger partial charge in [0.25, 0.3) is 5.91 Å². The summed E-state index contributed by atoms with van der Waals surface area (Å²) in [5.74, 6) is -7.50. The van der Waals surface area contributed by atoms with Gasteiger partial charge in [-0.3, -0.25) is 4.79 Å². The molecule has 0 saturated carbocycles. The number of carbonyl (C=O) groups is 1. The number of aliphatic hydroxyl groups is 1. The van der Waals surface area contributed by atoms with E-state index in [1.165, 1.54) is 0 Å². The summed E-state index contributed by atoms with van der Waals surface area (Å²) in [4.78, 5) is 11.7. The number of ether oxygens (including phenoxy) is 1. The van der Waals surface area contributed by atoms with Crippen LogP contribution in [0.25, 0.3) is 0 Å². The molecule has 1 saturated heterocycles. The summed E-state index contributed by atoms with van der Waals surface area (Å²) in [6.07, 6.45) is 0.290. The first kappa shape index (κ1) is 14.6. The van der Waals surface area contributed by atoms with Crippen LogP contribution in [-0.2, 0) is 4.74 Å². The standard InChI is InChI=1S/C12H12F3NO4/c13-7-3-6(8(14)10(17)9(7)15)11(18)16-4-12(19)1-2-20-5-12/h3,17,19H,1-2,4-5H2,(H,16,18). The lowest BCUT2D eigenvalue weighted by molar-refractivity contribution is 0.0264. The van der Waals surface area contributed by atoms with Crippen molar-refractivity contribution in [2.24, 2.45) is 0 Å². The maximum atomic E-state index is 13.5. The second-order valence-electron chi connectivity index (χ2n) is 4.59. The Kier molecular flexibility index (Phi) is 3.87. The number of benzene rings is 1. The highest BCUT2D eigenvalue weighted by molar-refractivity contribution is 5.95. The minimum atomic E-state index is -1.76. The van der Waals surface area contributed by atoms with E-state index >= 15 is 0 Å². The van der Waals surface area contributed by atoms with Crippen LogP contribution in [0.15, 0.2) is 6.07 Å². The van der Waals surface area contributed by atoms with E-state index in [0.29, 0.717) is 19.1 Å². The van der Waals surface area contributed by atoms with Crippen molar-refractivity contribution in [1.82, 2.24) is 5.32 Å². The molecule has 1 aliphatic rings. The predicted molar refractivity (Wildman–Crippen MR) is 60.7 cm³/mol. The number of amides is 1. The molecule has 0 bridgehead atoms. The Morgan fingerprint density at radius 1 is 1.40 bits per heavy atom. The maximum absolute atomic E-state index is 13.5. The lowest BCUT2D eigenvalue weighted by atomic mass is 10.0. The average molecular weight is 291 g/mol. The van der Waals surface area contributed by atoms with Gasteiger partial charge in [0.05, 0.1) is 12.2 Å². The normalized spacial score (nSPS) is 22.0. The van der Waals surface area contributed by atoms with E-state index in [1.807, 2.05) is 0 Å². The second-order valence-corrected chi connectivity index (χ2v) is 4.59. The molecule has 5 nitrogen and oxygen atoms in total. The fraction of sp³-hybridized carbons (Fsp3) is 0.417. The van der Waals surface area contributed by atoms with Gasteiger partial charge < -0.3 is 20.3 Å². The smallest absolute Gasteiger partial charge is 0.254 e. The van der Waals surface area contributed by atoms with Crippen LogP contribution in [0.1, 0.15) is 16.8 Å². The number of hydrogen-bond acceptors (Lipinski definition) is 4. The van der Waals surface area contributed by atoms with Gasteiger partial charge in [0.15, 0.2) is 17.4 Å². The van der Waals surface area contributed by atoms with Crippen molar-refractivity contribution < 1.29 is 32.9 Å². The highest BCUT2D eigenvalue weighted by Gasteiger charge is 2.33. The fourth-order valence-electron chi connectivity index (χ4n) is 1.83. The molecular formula is C12H12F3NO4. The van der Waals surface area contributed by atoms with Gasteiger partial charge >= 0.3 is 0 Å². The molecule has 8 heteroatoms. The van der Waals surface area contributed by atoms with Gasteiger partial charge in [0.1, 0.15) is 5.60 Å². The Morgan fingerprint density at radius 3 is 2.70 bits per heavy atom. The topological polar surface area (TPSA) is 78.8 Å². The van der Waals surface area contributed by atoms with Crippen LogP contribution in [0.4, 0.5) is 13.2 Å². The number of nitrogens with one attached hydrogen (secondary N) is 1. The third-order valence-corrected chi connectivity index (χ3v) is 3.04. The van der Waals surface area contributed by atoms with Gasteiger partial charge in [0, 0.05) is 19.6 Å². The first-order valence-electron chi connectivity index (χ1n) is 5.79. The Balaban J connectivity index is 2.13. The highest BCUT2D eigenvalue weighted by Crippen LogP contribution is 2.26. The molecule has 1 aromatic rings. The molecule has 0 spiro atoms. The molecule has 1 fully saturated rings. The molecule has 1 heterocycles. The van der Waals surface area contributed by atoms with Crippen LogP contribution in [0.2, 0.25) is 0 Å². The molecular weight excluding hydrogens is 279 g/mol. The van der Waals surface area contributed by atoms with Gasteiger partial charge in [-0.15, -0.1) is 0 Å². The molecule has 1 aliphatic heterocycles. The van der Waals surface area contributed by atoms with Crippen molar-refractivity contribution in [1.29, 1.82) is 0 Å². The number of phenols is 1. The number of carbonyl (C=O) groups excluding carboxylic acids is 1. The van der Waals surface area contributed by atoms with Crippen molar-refractivity contribution in [3.8, 4) is 5.75 Å². The van der Waals surface area contributed by atoms with Crippen molar-refractivity contribution in [3.05, 3.63) is 29.1 Å². The monoisotopic (exact) mass is 291 g/mol. The van der Waals surface area contributed by atoms with E-state index in [0.717, 1.165) is 0 Å². The average Bonchev–Trinajstić information content (AvgIpc) is 2.85. The van der Waals surface area contributed by atoms with Crippen molar-refractivity contribution in [3.63, 3.8) is 0 Å². The Hall–Kier alpha value is -1.80. The van der Waals surface area contributed by atoms with Crippen LogP contribution in [0, 0.1) is 17.5 Å². The van der Waals surface area contributed by atoms with Crippen molar-refractivity contribution >= 4 is 5.91 Å². The maximum Gasteiger partial charge on any atom is 0.254 e. The fourth-order valence-corrected chi connectivity index (χ4v) is 1.83. The second kappa shape index (κ2) is 5.29. The summed E-state index contributed by atoms with van der Waals surface area (Å²) < 4.78 is 44.4. The number of halogens is 3. The zero-order valence-corrected chi connectivity index (χ0v) is 10.3. The van der Waals surface area contributed by atoms with Crippen LogP contribution in [0.3, 0.4) is 0 Å². The molecule has 1 atom stereocenters. The minimum Gasteiger partial charge on any atom is -0.503 e. The summed E-state index contributed by atoms with van der Waals surface area (Å²) in [6, 6.07) is 0.342. The van der Waals surface area contributed by atoms with Gasteiger partial charge in [-0.2, -0.15) is 4.39 Å². The molecule has 0 radical (unpaired) electrons. The molecule has 0 aliphatic carbocycles.